The Kier molecular flexibility index (Phi) is 2.93. The summed E-state index contributed by atoms with van der Waals surface area (Å²) < 4.78 is 0. The van der Waals surface area contributed by atoms with Gasteiger partial charge in [-0.3, -0.25) is 9.59 Å². The van der Waals surface area contributed by atoms with E-state index in [4.69, 9.17) is 16.7 Å². The predicted octanol–water partition coefficient (Wildman–Crippen LogP) is 1.48. The molecule has 1 aromatic rings. The van der Waals surface area contributed by atoms with Crippen molar-refractivity contribution in [3.05, 3.63) is 23.2 Å². The first-order valence-electron chi connectivity index (χ1n) is 5.00. The molecule has 2 N–H and O–H groups in total. The number of hydrogen-bond donors (Lipinski definition) is 2. The van der Waals surface area contributed by atoms with Gasteiger partial charge in [0.25, 0.3) is 0 Å². The average Bonchev–Trinajstić information content (AvgIpc) is 2.65. The summed E-state index contributed by atoms with van der Waals surface area (Å²) in [5, 5.41) is 18.5. The fraction of sp³-hybridized carbons (Fsp3) is 0.273. The Morgan fingerprint density at radius 3 is 2.71 bits per heavy atom. The van der Waals surface area contributed by atoms with Gasteiger partial charge in [-0.2, -0.15) is 0 Å². The molecule has 1 aliphatic rings. The fourth-order valence-electron chi connectivity index (χ4n) is 1.79. The maximum atomic E-state index is 11.6. The second-order valence-corrected chi connectivity index (χ2v) is 4.29. The maximum absolute atomic E-state index is 11.6. The van der Waals surface area contributed by atoms with Crippen LogP contribution in [0.15, 0.2) is 18.2 Å². The number of anilines is 1. The molecule has 0 aromatic heterocycles. The highest BCUT2D eigenvalue weighted by molar-refractivity contribution is 6.32. The molecule has 0 bridgehead atoms. The van der Waals surface area contributed by atoms with E-state index in [9.17, 15) is 14.7 Å². The van der Waals surface area contributed by atoms with Crippen molar-refractivity contribution in [1.82, 2.24) is 0 Å². The van der Waals surface area contributed by atoms with Crippen molar-refractivity contribution in [2.45, 2.75) is 6.42 Å². The molecule has 6 heteroatoms. The number of aliphatic carboxylic acids is 1. The molecule has 1 aliphatic heterocycles. The molecular weight excluding hydrogens is 246 g/mol. The number of hydrogen-bond acceptors (Lipinski definition) is 3. The van der Waals surface area contributed by atoms with Gasteiger partial charge in [-0.15, -0.1) is 0 Å². The van der Waals surface area contributed by atoms with E-state index < -0.39 is 11.9 Å². The Labute approximate surface area is 102 Å². The van der Waals surface area contributed by atoms with Crippen LogP contribution in [0, 0.1) is 5.92 Å². The van der Waals surface area contributed by atoms with Crippen LogP contribution in [0.1, 0.15) is 6.42 Å². The number of carbonyl (C=O) groups excluding carboxylic acids is 1. The summed E-state index contributed by atoms with van der Waals surface area (Å²) in [6.45, 7) is 0.120. The van der Waals surface area contributed by atoms with Crippen molar-refractivity contribution < 1.29 is 19.8 Å². The summed E-state index contributed by atoms with van der Waals surface area (Å²) >= 11 is 5.66. The monoisotopic (exact) mass is 255 g/mol. The third-order valence-electron chi connectivity index (χ3n) is 2.72. The normalized spacial score (nSPS) is 19.7. The van der Waals surface area contributed by atoms with Gasteiger partial charge in [0, 0.05) is 24.7 Å². The zero-order valence-corrected chi connectivity index (χ0v) is 9.52. The third kappa shape index (κ3) is 2.19. The molecule has 0 spiro atoms. The van der Waals surface area contributed by atoms with Gasteiger partial charge >= 0.3 is 5.97 Å². The molecule has 1 aromatic carbocycles. The minimum Gasteiger partial charge on any atom is -0.506 e. The lowest BCUT2D eigenvalue weighted by atomic mass is 10.1. The Morgan fingerprint density at radius 1 is 1.47 bits per heavy atom. The molecule has 0 radical (unpaired) electrons. The highest BCUT2D eigenvalue weighted by Crippen LogP contribution is 2.31. The summed E-state index contributed by atoms with van der Waals surface area (Å²) in [5.41, 5.74) is 0.459. The lowest BCUT2D eigenvalue weighted by molar-refractivity contribution is -0.141. The Balaban J connectivity index is 2.26. The van der Waals surface area contributed by atoms with Crippen LogP contribution in [0.4, 0.5) is 5.69 Å². The van der Waals surface area contributed by atoms with Gasteiger partial charge in [-0.05, 0) is 12.1 Å². The zero-order chi connectivity index (χ0) is 12.6. The molecule has 0 saturated carbocycles. The Bertz CT molecular complexity index is 488. The van der Waals surface area contributed by atoms with Crippen LogP contribution in [0.3, 0.4) is 0 Å². The lowest BCUT2D eigenvalue weighted by Gasteiger charge is -2.16. The van der Waals surface area contributed by atoms with Crippen molar-refractivity contribution in [1.29, 1.82) is 0 Å². The molecule has 17 heavy (non-hydrogen) atoms. The van der Waals surface area contributed by atoms with Gasteiger partial charge in [-0.1, -0.05) is 11.6 Å². The van der Waals surface area contributed by atoms with E-state index in [-0.39, 0.29) is 29.6 Å². The minimum absolute atomic E-state index is 0.0152. The van der Waals surface area contributed by atoms with Crippen molar-refractivity contribution in [3.63, 3.8) is 0 Å². The van der Waals surface area contributed by atoms with E-state index in [1.54, 1.807) is 6.07 Å². The van der Waals surface area contributed by atoms with Crippen LogP contribution in [0.2, 0.25) is 5.02 Å². The van der Waals surface area contributed by atoms with E-state index in [1.807, 2.05) is 0 Å². The number of amides is 1. The number of carbonyl (C=O) groups is 2. The number of rotatable bonds is 2. The van der Waals surface area contributed by atoms with Gasteiger partial charge in [0.2, 0.25) is 5.91 Å². The van der Waals surface area contributed by atoms with Crippen LogP contribution in [-0.4, -0.2) is 28.6 Å². The molecule has 1 amide bonds. The number of carboxylic acid groups (broad SMARTS) is 1. The number of halogens is 1. The second kappa shape index (κ2) is 4.25. The number of benzene rings is 1. The molecule has 1 fully saturated rings. The standard InChI is InChI=1S/C11H10ClNO4/c12-8-2-1-7(4-9(8)14)13-5-6(11(16)17)3-10(13)15/h1-2,4,6,14H,3,5H2,(H,16,17). The molecule has 1 atom stereocenters. The van der Waals surface area contributed by atoms with Crippen LogP contribution >= 0.6 is 11.6 Å². The second-order valence-electron chi connectivity index (χ2n) is 3.88. The van der Waals surface area contributed by atoms with Crippen LogP contribution < -0.4 is 4.90 Å². The van der Waals surface area contributed by atoms with Crippen LogP contribution in [0.5, 0.6) is 5.75 Å². The summed E-state index contributed by atoms with van der Waals surface area (Å²) in [6, 6.07) is 4.39. The molecule has 1 unspecified atom stereocenters. The molecule has 90 valence electrons. The predicted molar refractivity (Wildman–Crippen MR) is 61.2 cm³/mol. The van der Waals surface area contributed by atoms with E-state index in [0.29, 0.717) is 5.69 Å². The van der Waals surface area contributed by atoms with Gasteiger partial charge in [0.15, 0.2) is 0 Å². The highest BCUT2D eigenvalue weighted by Gasteiger charge is 2.35. The number of carboxylic acids is 1. The summed E-state index contributed by atoms with van der Waals surface area (Å²) in [5.74, 6) is -2.07. The Hall–Kier alpha value is -1.75. The van der Waals surface area contributed by atoms with Gasteiger partial charge in [0.05, 0.1) is 10.9 Å². The SMILES string of the molecule is O=C(O)C1CC(=O)N(c2ccc(Cl)c(O)c2)C1. The first-order chi connectivity index (χ1) is 7.99. The molecule has 2 rings (SSSR count). The van der Waals surface area contributed by atoms with Crippen molar-refractivity contribution in [3.8, 4) is 5.75 Å². The van der Waals surface area contributed by atoms with Gasteiger partial charge in [0.1, 0.15) is 5.75 Å². The molecular formula is C11H10ClNO4. The quantitative estimate of drug-likeness (QED) is 0.839. The van der Waals surface area contributed by atoms with Gasteiger partial charge < -0.3 is 15.1 Å². The first kappa shape index (κ1) is 11.7. The number of nitrogens with zero attached hydrogens (tertiary/aromatic N) is 1. The minimum atomic E-state index is -0.987. The molecule has 0 aliphatic carbocycles. The van der Waals surface area contributed by atoms with E-state index in [0.717, 1.165) is 0 Å². The molecule has 1 saturated heterocycles. The lowest BCUT2D eigenvalue weighted by Crippen LogP contribution is -2.25. The Morgan fingerprint density at radius 2 is 2.18 bits per heavy atom. The molecule has 5 nitrogen and oxygen atoms in total. The summed E-state index contributed by atoms with van der Waals surface area (Å²) in [7, 11) is 0. The van der Waals surface area contributed by atoms with E-state index in [2.05, 4.69) is 0 Å². The summed E-state index contributed by atoms with van der Waals surface area (Å²) in [6.07, 6.45) is -0.0152. The van der Waals surface area contributed by atoms with Crippen molar-refractivity contribution in [2.24, 2.45) is 5.92 Å². The fourth-order valence-corrected chi connectivity index (χ4v) is 1.91. The van der Waals surface area contributed by atoms with E-state index >= 15 is 0 Å². The largest absolute Gasteiger partial charge is 0.506 e. The third-order valence-corrected chi connectivity index (χ3v) is 3.04. The van der Waals surface area contributed by atoms with Crippen LogP contribution in [-0.2, 0) is 9.59 Å². The van der Waals surface area contributed by atoms with Crippen molar-refractivity contribution in [2.75, 3.05) is 11.4 Å². The summed E-state index contributed by atoms with van der Waals surface area (Å²) in [4.78, 5) is 23.8. The zero-order valence-electron chi connectivity index (χ0n) is 8.76. The number of phenols is 1. The van der Waals surface area contributed by atoms with E-state index in [1.165, 1.54) is 17.0 Å². The smallest absolute Gasteiger partial charge is 0.308 e. The maximum Gasteiger partial charge on any atom is 0.308 e. The topological polar surface area (TPSA) is 77.8 Å². The van der Waals surface area contributed by atoms with Crippen molar-refractivity contribution >= 4 is 29.2 Å². The van der Waals surface area contributed by atoms with Crippen LogP contribution in [0.25, 0.3) is 0 Å². The molecule has 1 heterocycles. The number of aromatic hydroxyl groups is 1. The average molecular weight is 256 g/mol. The highest BCUT2D eigenvalue weighted by atomic mass is 35.5. The van der Waals surface area contributed by atoms with Gasteiger partial charge in [-0.25, -0.2) is 0 Å². The first-order valence-corrected chi connectivity index (χ1v) is 5.38. The number of phenolic OH excluding ortho intramolecular Hbond substituents is 1.